The van der Waals surface area contributed by atoms with E-state index >= 15 is 0 Å². The average molecular weight is 322 g/mol. The van der Waals surface area contributed by atoms with Gasteiger partial charge in [0.15, 0.2) is 0 Å². The molecule has 4 heteroatoms. The highest BCUT2D eigenvalue weighted by atomic mass is 16.4. The molecule has 1 heterocycles. The number of rotatable bonds is 3. The van der Waals surface area contributed by atoms with E-state index < -0.39 is 17.8 Å². The number of fused-ring (bicyclic) bond motifs is 2. The van der Waals surface area contributed by atoms with Crippen molar-refractivity contribution in [2.75, 3.05) is 13.1 Å². The molecule has 24 heavy (non-hydrogen) atoms. The third-order valence-corrected chi connectivity index (χ3v) is 5.68. The van der Waals surface area contributed by atoms with Crippen LogP contribution in [0.4, 0.5) is 0 Å². The number of carboxylic acid groups (broad SMARTS) is 1. The average Bonchev–Trinajstić information content (AvgIpc) is 3.23. The van der Waals surface area contributed by atoms with Gasteiger partial charge in [-0.15, -0.1) is 0 Å². The molecule has 4 rings (SSSR count). The summed E-state index contributed by atoms with van der Waals surface area (Å²) in [5.41, 5.74) is 2.45. The molecule has 0 radical (unpaired) electrons. The Morgan fingerprint density at radius 2 is 1.75 bits per heavy atom. The Hall–Kier alpha value is -2.36. The molecular weight excluding hydrogens is 302 g/mol. The monoisotopic (exact) mass is 322 g/mol. The maximum Gasteiger partial charge on any atom is 0.227 e. The Balaban J connectivity index is 1.50. The second kappa shape index (κ2) is 5.93. The summed E-state index contributed by atoms with van der Waals surface area (Å²) in [6.07, 6.45) is 7.63. The van der Waals surface area contributed by atoms with Crippen molar-refractivity contribution >= 4 is 17.4 Å². The summed E-state index contributed by atoms with van der Waals surface area (Å²) in [6, 6.07) is 10.2. The number of benzene rings is 1. The normalized spacial score (nSPS) is 31.2. The first kappa shape index (κ1) is 15.2. The zero-order chi connectivity index (χ0) is 16.7. The van der Waals surface area contributed by atoms with Crippen molar-refractivity contribution in [3.05, 3.63) is 54.1 Å². The first-order valence-corrected chi connectivity index (χ1v) is 8.57. The van der Waals surface area contributed by atoms with Gasteiger partial charge in [-0.1, -0.05) is 48.6 Å². The van der Waals surface area contributed by atoms with E-state index in [1.165, 1.54) is 11.1 Å². The fourth-order valence-electron chi connectivity index (χ4n) is 4.47. The molecule has 1 aromatic rings. The summed E-state index contributed by atoms with van der Waals surface area (Å²) in [4.78, 5) is 26.2. The lowest BCUT2D eigenvalue weighted by atomic mass is 9.82. The number of carbonyl (C=O) groups is 2. The van der Waals surface area contributed by atoms with Gasteiger partial charge in [0.05, 0.1) is 5.92 Å². The van der Waals surface area contributed by atoms with E-state index in [0.29, 0.717) is 13.1 Å². The molecule has 1 fully saturated rings. The maximum absolute atomic E-state index is 12.9. The molecular formula is C20H20NO3-. The van der Waals surface area contributed by atoms with Crippen molar-refractivity contribution in [1.82, 2.24) is 4.90 Å². The molecule has 1 amide bonds. The van der Waals surface area contributed by atoms with Crippen molar-refractivity contribution in [1.29, 1.82) is 0 Å². The van der Waals surface area contributed by atoms with E-state index in [-0.39, 0.29) is 17.7 Å². The number of carboxylic acids is 1. The Bertz CT molecular complexity index is 722. The van der Waals surface area contributed by atoms with Crippen molar-refractivity contribution in [3.63, 3.8) is 0 Å². The van der Waals surface area contributed by atoms with E-state index in [9.17, 15) is 14.7 Å². The van der Waals surface area contributed by atoms with Gasteiger partial charge in [0.25, 0.3) is 0 Å². The number of carbonyl (C=O) groups excluding carboxylic acids is 2. The van der Waals surface area contributed by atoms with E-state index in [2.05, 4.69) is 18.2 Å². The lowest BCUT2D eigenvalue weighted by molar-refractivity contribution is -0.313. The van der Waals surface area contributed by atoms with Crippen LogP contribution in [0.3, 0.4) is 0 Å². The van der Waals surface area contributed by atoms with Crippen molar-refractivity contribution in [2.24, 2.45) is 23.7 Å². The summed E-state index contributed by atoms with van der Waals surface area (Å²) in [7, 11) is 0. The fourth-order valence-corrected chi connectivity index (χ4v) is 4.47. The standard InChI is InChI=1S/C20H21NO3/c22-19(17-15-6-7-16(12-15)18(17)20(23)24)21-10-8-14(9-11-21)13-4-2-1-3-5-13/h1-8,15-18H,9-12H2,(H,23,24)/p-1/t15-,16-,17-,18+/m1/s1. The van der Waals surface area contributed by atoms with Gasteiger partial charge < -0.3 is 14.8 Å². The van der Waals surface area contributed by atoms with E-state index in [1.54, 1.807) is 0 Å². The molecule has 1 aromatic carbocycles. The van der Waals surface area contributed by atoms with Crippen LogP contribution in [0, 0.1) is 23.7 Å². The third-order valence-electron chi connectivity index (χ3n) is 5.68. The number of amides is 1. The molecule has 4 nitrogen and oxygen atoms in total. The lowest BCUT2D eigenvalue weighted by Crippen LogP contribution is -2.47. The van der Waals surface area contributed by atoms with E-state index in [1.807, 2.05) is 35.3 Å². The highest BCUT2D eigenvalue weighted by Gasteiger charge is 2.49. The van der Waals surface area contributed by atoms with Crippen LogP contribution in [0.2, 0.25) is 0 Å². The molecule has 0 aromatic heterocycles. The van der Waals surface area contributed by atoms with Crippen LogP contribution in [0.25, 0.3) is 5.57 Å². The van der Waals surface area contributed by atoms with E-state index in [4.69, 9.17) is 0 Å². The summed E-state index contributed by atoms with van der Waals surface area (Å²) in [5, 5.41) is 11.5. The quantitative estimate of drug-likeness (QED) is 0.792. The Morgan fingerprint density at radius 1 is 1.04 bits per heavy atom. The van der Waals surface area contributed by atoms with E-state index in [0.717, 1.165) is 12.8 Å². The Labute approximate surface area is 141 Å². The first-order chi connectivity index (χ1) is 11.6. The summed E-state index contributed by atoms with van der Waals surface area (Å²) < 4.78 is 0. The lowest BCUT2D eigenvalue weighted by Gasteiger charge is -2.34. The second-order valence-electron chi connectivity index (χ2n) is 6.95. The fraction of sp³-hybridized carbons (Fsp3) is 0.400. The number of aliphatic carboxylic acids is 1. The highest BCUT2D eigenvalue weighted by molar-refractivity contribution is 5.87. The molecule has 0 spiro atoms. The van der Waals surface area contributed by atoms with Crippen LogP contribution in [0.5, 0.6) is 0 Å². The summed E-state index contributed by atoms with van der Waals surface area (Å²) >= 11 is 0. The smallest absolute Gasteiger partial charge is 0.227 e. The van der Waals surface area contributed by atoms with Gasteiger partial charge in [-0.05, 0) is 35.8 Å². The molecule has 124 valence electrons. The predicted octanol–water partition coefficient (Wildman–Crippen LogP) is 1.49. The van der Waals surface area contributed by atoms with Crippen LogP contribution in [0.1, 0.15) is 18.4 Å². The summed E-state index contributed by atoms with van der Waals surface area (Å²) in [5.74, 6) is -2.19. The van der Waals surface area contributed by atoms with Crippen LogP contribution in [-0.2, 0) is 9.59 Å². The van der Waals surface area contributed by atoms with Gasteiger partial charge >= 0.3 is 0 Å². The van der Waals surface area contributed by atoms with Crippen LogP contribution in [0.15, 0.2) is 48.6 Å². The number of hydrogen-bond acceptors (Lipinski definition) is 3. The van der Waals surface area contributed by atoms with Gasteiger partial charge in [0.2, 0.25) is 5.91 Å². The molecule has 0 unspecified atom stereocenters. The molecule has 2 bridgehead atoms. The van der Waals surface area contributed by atoms with Crippen molar-refractivity contribution in [3.8, 4) is 0 Å². The minimum Gasteiger partial charge on any atom is -0.550 e. The van der Waals surface area contributed by atoms with Gasteiger partial charge in [-0.25, -0.2) is 0 Å². The van der Waals surface area contributed by atoms with Crippen molar-refractivity contribution < 1.29 is 14.7 Å². The Kier molecular flexibility index (Phi) is 3.75. The predicted molar refractivity (Wildman–Crippen MR) is 88.3 cm³/mol. The molecule has 0 saturated heterocycles. The molecule has 1 saturated carbocycles. The first-order valence-electron chi connectivity index (χ1n) is 8.57. The van der Waals surface area contributed by atoms with Crippen LogP contribution in [-0.4, -0.2) is 29.9 Å². The van der Waals surface area contributed by atoms with Gasteiger partial charge in [0.1, 0.15) is 0 Å². The summed E-state index contributed by atoms with van der Waals surface area (Å²) in [6.45, 7) is 1.21. The van der Waals surface area contributed by atoms with Crippen LogP contribution >= 0.6 is 0 Å². The van der Waals surface area contributed by atoms with Gasteiger partial charge in [-0.3, -0.25) is 4.79 Å². The molecule has 2 aliphatic carbocycles. The zero-order valence-electron chi connectivity index (χ0n) is 13.4. The Morgan fingerprint density at radius 3 is 2.38 bits per heavy atom. The minimum atomic E-state index is -1.08. The molecule has 3 aliphatic rings. The van der Waals surface area contributed by atoms with Crippen molar-refractivity contribution in [2.45, 2.75) is 12.8 Å². The van der Waals surface area contributed by atoms with Gasteiger partial charge in [0, 0.05) is 25.0 Å². The second-order valence-corrected chi connectivity index (χ2v) is 6.95. The van der Waals surface area contributed by atoms with Crippen LogP contribution < -0.4 is 5.11 Å². The number of nitrogens with zero attached hydrogens (tertiary/aromatic N) is 1. The number of hydrogen-bond donors (Lipinski definition) is 0. The molecule has 4 atom stereocenters. The highest BCUT2D eigenvalue weighted by Crippen LogP contribution is 2.48. The SMILES string of the molecule is O=C([O-])[C@@H]1[C@H](C(=O)N2CC=C(c3ccccc3)CC2)[C@@H]2C=C[C@@H]1C2. The minimum absolute atomic E-state index is 0.0237. The largest absolute Gasteiger partial charge is 0.550 e. The molecule has 1 aliphatic heterocycles. The zero-order valence-corrected chi connectivity index (χ0v) is 13.4. The number of allylic oxidation sites excluding steroid dienone is 2. The maximum atomic E-state index is 12.9. The topological polar surface area (TPSA) is 60.4 Å². The molecule has 0 N–H and O–H groups in total. The van der Waals surface area contributed by atoms with Gasteiger partial charge in [-0.2, -0.15) is 0 Å². The third kappa shape index (κ3) is 2.46.